The van der Waals surface area contributed by atoms with Crippen LogP contribution in [0.4, 0.5) is 0 Å². The van der Waals surface area contributed by atoms with Crippen LogP contribution in [-0.4, -0.2) is 37.1 Å². The lowest BCUT2D eigenvalue weighted by Gasteiger charge is -2.27. The molecule has 0 spiro atoms. The molecular weight excluding hydrogens is 226 g/mol. The summed E-state index contributed by atoms with van der Waals surface area (Å²) in [5.41, 5.74) is 2.40. The minimum atomic E-state index is 0.208. The number of carbonyl (C=O) groups is 1. The molecule has 1 aromatic carbocycles. The number of hydrogen-bond donors (Lipinski definition) is 0. The van der Waals surface area contributed by atoms with Gasteiger partial charge in [-0.25, -0.2) is 0 Å². The number of rotatable bonds is 3. The van der Waals surface area contributed by atoms with Crippen LogP contribution in [0.5, 0.6) is 0 Å². The molecule has 1 saturated heterocycles. The summed E-state index contributed by atoms with van der Waals surface area (Å²) in [4.78, 5) is 14.0. The fourth-order valence-electron chi connectivity index (χ4n) is 2.16. The third-order valence-electron chi connectivity index (χ3n) is 3.34. The van der Waals surface area contributed by atoms with Crippen LogP contribution in [0, 0.1) is 0 Å². The highest BCUT2D eigenvalue weighted by molar-refractivity contribution is 5.78. The zero-order valence-electron chi connectivity index (χ0n) is 11.2. The number of carbonyl (C=O) groups excluding carboxylic acids is 1. The van der Waals surface area contributed by atoms with Gasteiger partial charge in [0.15, 0.2) is 0 Å². The maximum atomic E-state index is 12.1. The van der Waals surface area contributed by atoms with Gasteiger partial charge in [0, 0.05) is 13.1 Å². The number of hydrogen-bond acceptors (Lipinski definition) is 2. The molecule has 1 aromatic rings. The van der Waals surface area contributed by atoms with E-state index in [9.17, 15) is 4.79 Å². The summed E-state index contributed by atoms with van der Waals surface area (Å²) < 4.78 is 5.26. The Bertz CT molecular complexity index is 409. The van der Waals surface area contributed by atoms with Crippen LogP contribution in [0.3, 0.4) is 0 Å². The van der Waals surface area contributed by atoms with E-state index in [0.717, 1.165) is 18.7 Å². The van der Waals surface area contributed by atoms with Crippen molar-refractivity contribution < 1.29 is 9.53 Å². The highest BCUT2D eigenvalue weighted by Gasteiger charge is 2.17. The zero-order valence-corrected chi connectivity index (χ0v) is 11.2. The Morgan fingerprint density at radius 1 is 1.33 bits per heavy atom. The average molecular weight is 247 g/mol. The van der Waals surface area contributed by atoms with Crippen LogP contribution in [0.1, 0.15) is 30.9 Å². The van der Waals surface area contributed by atoms with Gasteiger partial charge in [-0.1, -0.05) is 38.1 Å². The Hall–Kier alpha value is -1.35. The highest BCUT2D eigenvalue weighted by Crippen LogP contribution is 2.16. The fourth-order valence-corrected chi connectivity index (χ4v) is 2.16. The molecule has 3 nitrogen and oxygen atoms in total. The minimum Gasteiger partial charge on any atom is -0.378 e. The molecule has 1 fully saturated rings. The van der Waals surface area contributed by atoms with Crippen molar-refractivity contribution in [3.05, 3.63) is 35.4 Å². The van der Waals surface area contributed by atoms with E-state index in [1.54, 1.807) is 0 Å². The lowest BCUT2D eigenvalue weighted by molar-refractivity contribution is -0.134. The fraction of sp³-hybridized carbons (Fsp3) is 0.533. The van der Waals surface area contributed by atoms with Gasteiger partial charge in [0.25, 0.3) is 0 Å². The summed E-state index contributed by atoms with van der Waals surface area (Å²) in [5.74, 6) is 0.711. The summed E-state index contributed by atoms with van der Waals surface area (Å²) in [6, 6.07) is 8.33. The molecule has 0 saturated carbocycles. The molecule has 0 aliphatic carbocycles. The van der Waals surface area contributed by atoms with Gasteiger partial charge in [-0.3, -0.25) is 4.79 Å². The molecule has 98 valence electrons. The molecule has 3 heteroatoms. The second kappa shape index (κ2) is 6.01. The Morgan fingerprint density at radius 3 is 2.72 bits per heavy atom. The van der Waals surface area contributed by atoms with Crippen molar-refractivity contribution in [2.75, 3.05) is 26.3 Å². The van der Waals surface area contributed by atoms with Gasteiger partial charge in [-0.2, -0.15) is 0 Å². The SMILES string of the molecule is CC(C)c1cccc(CC(=O)N2CCOCC2)c1. The third-order valence-corrected chi connectivity index (χ3v) is 3.34. The van der Waals surface area contributed by atoms with Gasteiger partial charge in [0.05, 0.1) is 19.6 Å². The lowest BCUT2D eigenvalue weighted by atomic mass is 9.99. The molecule has 0 atom stereocenters. The molecule has 0 aromatic heterocycles. The monoisotopic (exact) mass is 247 g/mol. The van der Waals surface area contributed by atoms with Crippen molar-refractivity contribution in [1.29, 1.82) is 0 Å². The van der Waals surface area contributed by atoms with E-state index in [0.29, 0.717) is 25.6 Å². The number of benzene rings is 1. The molecule has 2 rings (SSSR count). The normalized spacial score (nSPS) is 16.1. The van der Waals surface area contributed by atoms with Crippen molar-refractivity contribution in [3.8, 4) is 0 Å². The van der Waals surface area contributed by atoms with Crippen LogP contribution in [0.2, 0.25) is 0 Å². The first-order valence-corrected chi connectivity index (χ1v) is 6.61. The average Bonchev–Trinajstić information content (AvgIpc) is 2.40. The summed E-state index contributed by atoms with van der Waals surface area (Å²) >= 11 is 0. The largest absolute Gasteiger partial charge is 0.378 e. The molecule has 1 aliphatic heterocycles. The van der Waals surface area contributed by atoms with Gasteiger partial charge in [-0.05, 0) is 17.0 Å². The summed E-state index contributed by atoms with van der Waals surface area (Å²) in [7, 11) is 0. The van der Waals surface area contributed by atoms with Crippen molar-refractivity contribution in [1.82, 2.24) is 4.90 Å². The quantitative estimate of drug-likeness (QED) is 0.819. The molecule has 1 amide bonds. The van der Waals surface area contributed by atoms with Gasteiger partial charge >= 0.3 is 0 Å². The Kier molecular flexibility index (Phi) is 4.37. The minimum absolute atomic E-state index is 0.208. The van der Waals surface area contributed by atoms with Gasteiger partial charge in [0.2, 0.25) is 5.91 Å². The Labute approximate surface area is 109 Å². The van der Waals surface area contributed by atoms with E-state index >= 15 is 0 Å². The maximum Gasteiger partial charge on any atom is 0.227 e. The molecule has 0 radical (unpaired) electrons. The van der Waals surface area contributed by atoms with Crippen molar-refractivity contribution in [2.45, 2.75) is 26.2 Å². The molecule has 1 heterocycles. The highest BCUT2D eigenvalue weighted by atomic mass is 16.5. The van der Waals surface area contributed by atoms with E-state index in [1.165, 1.54) is 5.56 Å². The van der Waals surface area contributed by atoms with Crippen LogP contribution in [0.15, 0.2) is 24.3 Å². The van der Waals surface area contributed by atoms with Crippen molar-refractivity contribution >= 4 is 5.91 Å². The maximum absolute atomic E-state index is 12.1. The summed E-state index contributed by atoms with van der Waals surface area (Å²) in [6.07, 6.45) is 0.501. The van der Waals surface area contributed by atoms with Gasteiger partial charge in [-0.15, -0.1) is 0 Å². The Morgan fingerprint density at radius 2 is 2.06 bits per heavy atom. The first-order valence-electron chi connectivity index (χ1n) is 6.61. The van der Waals surface area contributed by atoms with Crippen LogP contribution in [-0.2, 0) is 16.0 Å². The van der Waals surface area contributed by atoms with E-state index in [-0.39, 0.29) is 5.91 Å². The molecule has 1 aliphatic rings. The van der Waals surface area contributed by atoms with Crippen LogP contribution in [0.25, 0.3) is 0 Å². The number of amides is 1. The van der Waals surface area contributed by atoms with Gasteiger partial charge < -0.3 is 9.64 Å². The lowest BCUT2D eigenvalue weighted by Crippen LogP contribution is -2.41. The van der Waals surface area contributed by atoms with Gasteiger partial charge in [0.1, 0.15) is 0 Å². The standard InChI is InChI=1S/C15H21NO2/c1-12(2)14-5-3-4-13(10-14)11-15(17)16-6-8-18-9-7-16/h3-5,10,12H,6-9,11H2,1-2H3. The first-order chi connectivity index (χ1) is 8.66. The van der Waals surface area contributed by atoms with Crippen molar-refractivity contribution in [2.24, 2.45) is 0 Å². The molecule has 0 unspecified atom stereocenters. The third kappa shape index (κ3) is 3.33. The Balaban J connectivity index is 1.99. The van der Waals surface area contributed by atoms with E-state index in [1.807, 2.05) is 17.0 Å². The predicted molar refractivity (Wildman–Crippen MR) is 71.6 cm³/mol. The van der Waals surface area contributed by atoms with E-state index < -0.39 is 0 Å². The topological polar surface area (TPSA) is 29.5 Å². The van der Waals surface area contributed by atoms with E-state index in [2.05, 4.69) is 26.0 Å². The molecular formula is C15H21NO2. The van der Waals surface area contributed by atoms with Crippen LogP contribution < -0.4 is 0 Å². The first kappa shape index (κ1) is 13.1. The second-order valence-corrected chi connectivity index (χ2v) is 5.07. The van der Waals surface area contributed by atoms with Crippen LogP contribution >= 0.6 is 0 Å². The number of morpholine rings is 1. The number of ether oxygens (including phenoxy) is 1. The molecule has 18 heavy (non-hydrogen) atoms. The summed E-state index contributed by atoms with van der Waals surface area (Å²) in [6.45, 7) is 7.12. The predicted octanol–water partition coefficient (Wildman–Crippen LogP) is 2.21. The zero-order chi connectivity index (χ0) is 13.0. The molecule has 0 bridgehead atoms. The van der Waals surface area contributed by atoms with E-state index in [4.69, 9.17) is 4.74 Å². The van der Waals surface area contributed by atoms with Crippen molar-refractivity contribution in [3.63, 3.8) is 0 Å². The second-order valence-electron chi connectivity index (χ2n) is 5.07. The molecule has 0 N–H and O–H groups in total. The smallest absolute Gasteiger partial charge is 0.227 e. The number of nitrogens with zero attached hydrogens (tertiary/aromatic N) is 1. The summed E-state index contributed by atoms with van der Waals surface area (Å²) in [5, 5.41) is 0.